The average molecular weight is 362 g/mol. The van der Waals surface area contributed by atoms with E-state index in [-0.39, 0.29) is 4.90 Å². The van der Waals surface area contributed by atoms with Crippen LogP contribution in [0, 0.1) is 11.3 Å². The summed E-state index contributed by atoms with van der Waals surface area (Å²) in [7, 11) is -3.73. The summed E-state index contributed by atoms with van der Waals surface area (Å²) >= 11 is 0. The van der Waals surface area contributed by atoms with E-state index in [4.69, 9.17) is 5.26 Å². The van der Waals surface area contributed by atoms with E-state index >= 15 is 0 Å². The Hall–Kier alpha value is -3.10. The number of sulfonamides is 1. The molecule has 4 nitrogen and oxygen atoms in total. The molecule has 0 atom stereocenters. The summed E-state index contributed by atoms with van der Waals surface area (Å²) in [4.78, 5) is 0.174. The fraction of sp³-hybridized carbons (Fsp3) is 0.0952. The molecule has 0 aliphatic carbocycles. The Morgan fingerprint density at radius 2 is 1.38 bits per heavy atom. The summed E-state index contributed by atoms with van der Waals surface area (Å²) in [5.41, 5.74) is 2.12. The maximum Gasteiger partial charge on any atom is 0.264 e. The highest BCUT2D eigenvalue weighted by molar-refractivity contribution is 7.92. The van der Waals surface area contributed by atoms with E-state index in [9.17, 15) is 8.42 Å². The van der Waals surface area contributed by atoms with Gasteiger partial charge in [0, 0.05) is 6.54 Å². The van der Waals surface area contributed by atoms with Crippen LogP contribution in [0.25, 0.3) is 0 Å². The second-order valence-electron chi connectivity index (χ2n) is 5.78. The number of nitrogens with zero attached hydrogens (tertiary/aromatic N) is 2. The molecule has 0 aliphatic heterocycles. The minimum atomic E-state index is -3.73. The first-order chi connectivity index (χ1) is 12.6. The molecule has 5 heteroatoms. The molecule has 0 radical (unpaired) electrons. The predicted molar refractivity (Wildman–Crippen MR) is 102 cm³/mol. The molecule has 0 bridgehead atoms. The smallest absolute Gasteiger partial charge is 0.264 e. The molecule has 0 amide bonds. The Balaban J connectivity index is 1.95. The van der Waals surface area contributed by atoms with Gasteiger partial charge in [-0.1, -0.05) is 48.5 Å². The van der Waals surface area contributed by atoms with E-state index in [0.717, 1.165) is 5.56 Å². The maximum absolute atomic E-state index is 13.2. The zero-order valence-electron chi connectivity index (χ0n) is 14.1. The van der Waals surface area contributed by atoms with Crippen molar-refractivity contribution in [2.75, 3.05) is 10.8 Å². The van der Waals surface area contributed by atoms with E-state index in [1.54, 1.807) is 12.1 Å². The van der Waals surface area contributed by atoms with Gasteiger partial charge in [0.15, 0.2) is 0 Å². The topological polar surface area (TPSA) is 61.2 Å². The third kappa shape index (κ3) is 3.93. The van der Waals surface area contributed by atoms with Crippen LogP contribution in [0.3, 0.4) is 0 Å². The van der Waals surface area contributed by atoms with E-state index in [1.165, 1.54) is 28.6 Å². The summed E-state index contributed by atoms with van der Waals surface area (Å²) in [5.74, 6) is 0. The van der Waals surface area contributed by atoms with E-state index in [0.29, 0.717) is 24.2 Å². The van der Waals surface area contributed by atoms with E-state index in [1.807, 2.05) is 54.6 Å². The first kappa shape index (κ1) is 17.7. The van der Waals surface area contributed by atoms with Crippen LogP contribution in [0.15, 0.2) is 89.8 Å². The van der Waals surface area contributed by atoms with Gasteiger partial charge in [0.1, 0.15) is 0 Å². The predicted octanol–water partition coefficient (Wildman–Crippen LogP) is 4.00. The molecule has 0 aliphatic rings. The Bertz CT molecular complexity index is 993. The van der Waals surface area contributed by atoms with Gasteiger partial charge in [-0.05, 0) is 48.4 Å². The first-order valence-electron chi connectivity index (χ1n) is 8.23. The molecule has 0 fully saturated rings. The van der Waals surface area contributed by atoms with Crippen LogP contribution in [0.1, 0.15) is 11.1 Å². The summed E-state index contributed by atoms with van der Waals surface area (Å²) in [6, 6.07) is 26.9. The van der Waals surface area contributed by atoms with Crippen LogP contribution in [0.5, 0.6) is 0 Å². The van der Waals surface area contributed by atoms with Gasteiger partial charge < -0.3 is 0 Å². The third-order valence-electron chi connectivity index (χ3n) is 4.06. The van der Waals surface area contributed by atoms with Crippen molar-refractivity contribution in [2.24, 2.45) is 0 Å². The fourth-order valence-electron chi connectivity index (χ4n) is 2.69. The standard InChI is InChI=1S/C21H18N2O2S/c22-17-19-11-13-21(14-12-19)26(24,25)23(20-9-5-2-6-10-20)16-15-18-7-3-1-4-8-18/h1-14H,15-16H2. The highest BCUT2D eigenvalue weighted by Gasteiger charge is 2.24. The van der Waals surface area contributed by atoms with Gasteiger partial charge in [-0.15, -0.1) is 0 Å². The molecule has 3 rings (SSSR count). The van der Waals surface area contributed by atoms with Crippen molar-refractivity contribution < 1.29 is 8.42 Å². The molecule has 0 unspecified atom stereocenters. The zero-order valence-corrected chi connectivity index (χ0v) is 14.9. The van der Waals surface area contributed by atoms with Crippen LogP contribution in [0.2, 0.25) is 0 Å². The largest absolute Gasteiger partial charge is 0.266 e. The molecule has 0 aromatic heterocycles. The SMILES string of the molecule is N#Cc1ccc(S(=O)(=O)N(CCc2ccccc2)c2ccccc2)cc1. The average Bonchev–Trinajstić information content (AvgIpc) is 2.69. The lowest BCUT2D eigenvalue weighted by atomic mass is 10.1. The number of hydrogen-bond donors (Lipinski definition) is 0. The number of hydrogen-bond acceptors (Lipinski definition) is 3. The molecule has 0 spiro atoms. The highest BCUT2D eigenvalue weighted by atomic mass is 32.2. The lowest BCUT2D eigenvalue weighted by molar-refractivity contribution is 0.590. The quantitative estimate of drug-likeness (QED) is 0.666. The molecule has 0 saturated heterocycles. The molecular weight excluding hydrogens is 344 g/mol. The normalized spacial score (nSPS) is 10.9. The van der Waals surface area contributed by atoms with Gasteiger partial charge in [-0.2, -0.15) is 5.26 Å². The van der Waals surface area contributed by atoms with Crippen LogP contribution >= 0.6 is 0 Å². The Morgan fingerprint density at radius 3 is 1.96 bits per heavy atom. The van der Waals surface area contributed by atoms with Crippen LogP contribution in [-0.2, 0) is 16.4 Å². The number of para-hydroxylation sites is 1. The number of anilines is 1. The maximum atomic E-state index is 13.2. The van der Waals surface area contributed by atoms with Crippen LogP contribution in [0.4, 0.5) is 5.69 Å². The lowest BCUT2D eigenvalue weighted by Gasteiger charge is -2.24. The van der Waals surface area contributed by atoms with Gasteiger partial charge >= 0.3 is 0 Å². The van der Waals surface area contributed by atoms with Crippen molar-refractivity contribution >= 4 is 15.7 Å². The number of rotatable bonds is 6. The second kappa shape index (κ2) is 7.85. The van der Waals surface area contributed by atoms with Crippen LogP contribution < -0.4 is 4.31 Å². The van der Waals surface area contributed by atoms with Crippen LogP contribution in [-0.4, -0.2) is 15.0 Å². The van der Waals surface area contributed by atoms with Gasteiger partial charge in [-0.3, -0.25) is 4.31 Å². The molecule has 130 valence electrons. The summed E-state index contributed by atoms with van der Waals surface area (Å²) in [6.07, 6.45) is 0.602. The first-order valence-corrected chi connectivity index (χ1v) is 9.67. The van der Waals surface area contributed by atoms with E-state index < -0.39 is 10.0 Å². The molecule has 0 heterocycles. The van der Waals surface area contributed by atoms with Crippen molar-refractivity contribution in [2.45, 2.75) is 11.3 Å². The summed E-state index contributed by atoms with van der Waals surface area (Å²) in [6.45, 7) is 0.330. The van der Waals surface area contributed by atoms with Gasteiger partial charge in [-0.25, -0.2) is 8.42 Å². The van der Waals surface area contributed by atoms with Crippen molar-refractivity contribution in [3.8, 4) is 6.07 Å². The van der Waals surface area contributed by atoms with Crippen molar-refractivity contribution in [1.29, 1.82) is 5.26 Å². The van der Waals surface area contributed by atoms with Crippen molar-refractivity contribution in [1.82, 2.24) is 0 Å². The molecule has 3 aromatic rings. The summed E-state index contributed by atoms with van der Waals surface area (Å²) in [5, 5.41) is 8.92. The Labute approximate surface area is 154 Å². The Kier molecular flexibility index (Phi) is 5.35. The lowest BCUT2D eigenvalue weighted by Crippen LogP contribution is -2.33. The highest BCUT2D eigenvalue weighted by Crippen LogP contribution is 2.24. The molecule has 0 saturated carbocycles. The van der Waals surface area contributed by atoms with Crippen molar-refractivity contribution in [3.63, 3.8) is 0 Å². The fourth-order valence-corrected chi connectivity index (χ4v) is 4.15. The minimum Gasteiger partial charge on any atom is -0.266 e. The molecule has 0 N–H and O–H groups in total. The van der Waals surface area contributed by atoms with Gasteiger partial charge in [0.2, 0.25) is 0 Å². The second-order valence-corrected chi connectivity index (χ2v) is 7.65. The van der Waals surface area contributed by atoms with Gasteiger partial charge in [0.25, 0.3) is 10.0 Å². The molecule has 26 heavy (non-hydrogen) atoms. The number of benzene rings is 3. The molecular formula is C21H18N2O2S. The zero-order chi connectivity index (χ0) is 18.4. The van der Waals surface area contributed by atoms with Gasteiger partial charge in [0.05, 0.1) is 22.2 Å². The summed E-state index contributed by atoms with van der Waals surface area (Å²) < 4.78 is 27.8. The van der Waals surface area contributed by atoms with Crippen molar-refractivity contribution in [3.05, 3.63) is 96.1 Å². The number of nitriles is 1. The molecule has 3 aromatic carbocycles. The monoisotopic (exact) mass is 362 g/mol. The van der Waals surface area contributed by atoms with E-state index in [2.05, 4.69) is 0 Å². The minimum absolute atomic E-state index is 0.174. The Morgan fingerprint density at radius 1 is 0.808 bits per heavy atom. The third-order valence-corrected chi connectivity index (χ3v) is 5.90.